The van der Waals surface area contributed by atoms with Crippen LogP contribution in [0.15, 0.2) is 24.8 Å². The average Bonchev–Trinajstić information content (AvgIpc) is 2.33. The van der Waals surface area contributed by atoms with E-state index < -0.39 is 40.8 Å². The maximum atomic E-state index is 12.9. The quantitative estimate of drug-likeness (QED) is 0.659. The van der Waals surface area contributed by atoms with Crippen LogP contribution in [-0.4, -0.2) is 7.11 Å². The normalized spacial score (nSPS) is 13.3. The van der Waals surface area contributed by atoms with Crippen molar-refractivity contribution in [1.29, 1.82) is 0 Å². The summed E-state index contributed by atoms with van der Waals surface area (Å²) in [6.07, 6.45) is -8.94. The molecule has 0 spiro atoms. The molecule has 0 bridgehead atoms. The molecule has 120 valence electrons. The highest BCUT2D eigenvalue weighted by atomic mass is 35.5. The molecule has 2 nitrogen and oxygen atoms in total. The summed E-state index contributed by atoms with van der Waals surface area (Å²) in [5.74, 6) is -0.584. The molecule has 0 saturated heterocycles. The van der Waals surface area contributed by atoms with Crippen molar-refractivity contribution in [3.8, 4) is 5.75 Å². The number of hydrogen-bond donors (Lipinski definition) is 1. The van der Waals surface area contributed by atoms with Crippen LogP contribution < -0.4 is 10.5 Å². The van der Waals surface area contributed by atoms with E-state index in [-0.39, 0.29) is 18.5 Å². The Morgan fingerprint density at radius 2 is 1.67 bits per heavy atom. The molecule has 21 heavy (non-hydrogen) atoms. The van der Waals surface area contributed by atoms with Crippen molar-refractivity contribution >= 4 is 12.4 Å². The van der Waals surface area contributed by atoms with Gasteiger partial charge in [-0.15, -0.1) is 19.0 Å². The molecule has 0 amide bonds. The number of nitrogens with two attached hydrogens (primary N) is 1. The van der Waals surface area contributed by atoms with E-state index in [1.54, 1.807) is 0 Å². The van der Waals surface area contributed by atoms with E-state index in [2.05, 4.69) is 11.3 Å². The second kappa shape index (κ2) is 6.57. The van der Waals surface area contributed by atoms with Gasteiger partial charge in [-0.2, -0.15) is 26.3 Å². The SMILES string of the molecule is C=C[C@@H](N)c1c(OC)cc(C(F)(F)F)cc1C(F)(F)F.Cl. The number of rotatable bonds is 3. The summed E-state index contributed by atoms with van der Waals surface area (Å²) in [4.78, 5) is 0. The van der Waals surface area contributed by atoms with Crippen molar-refractivity contribution in [2.45, 2.75) is 18.4 Å². The maximum absolute atomic E-state index is 12.9. The van der Waals surface area contributed by atoms with Gasteiger partial charge in [-0.05, 0) is 12.1 Å². The molecule has 0 unspecified atom stereocenters. The first-order chi connectivity index (χ1) is 9.02. The molecule has 0 radical (unpaired) electrons. The lowest BCUT2D eigenvalue weighted by atomic mass is 9.96. The molecule has 0 aliphatic rings. The lowest BCUT2D eigenvalue weighted by Gasteiger charge is -2.21. The highest BCUT2D eigenvalue weighted by Crippen LogP contribution is 2.43. The Balaban J connectivity index is 0.00000400. The Morgan fingerprint density at radius 1 is 1.14 bits per heavy atom. The van der Waals surface area contributed by atoms with Crippen LogP contribution in [-0.2, 0) is 12.4 Å². The van der Waals surface area contributed by atoms with Crippen molar-refractivity contribution in [1.82, 2.24) is 0 Å². The third-order valence-electron chi connectivity index (χ3n) is 2.58. The number of halogens is 7. The second-order valence-electron chi connectivity index (χ2n) is 3.90. The van der Waals surface area contributed by atoms with Gasteiger partial charge in [0.05, 0.1) is 24.3 Å². The van der Waals surface area contributed by atoms with Gasteiger partial charge in [0.25, 0.3) is 0 Å². The Morgan fingerprint density at radius 3 is 2.00 bits per heavy atom. The number of benzene rings is 1. The minimum Gasteiger partial charge on any atom is -0.496 e. The summed E-state index contributed by atoms with van der Waals surface area (Å²) in [6, 6.07) is -0.807. The van der Waals surface area contributed by atoms with Crippen molar-refractivity contribution in [2.75, 3.05) is 7.11 Å². The minimum atomic E-state index is -5.00. The van der Waals surface area contributed by atoms with E-state index in [9.17, 15) is 26.3 Å². The van der Waals surface area contributed by atoms with Crippen molar-refractivity contribution in [3.05, 3.63) is 41.5 Å². The van der Waals surface area contributed by atoms with Crippen molar-refractivity contribution in [2.24, 2.45) is 5.73 Å². The fourth-order valence-corrected chi connectivity index (χ4v) is 1.66. The van der Waals surface area contributed by atoms with Gasteiger partial charge in [-0.3, -0.25) is 0 Å². The lowest BCUT2D eigenvalue weighted by Crippen LogP contribution is -2.19. The molecular formula is C12H12ClF6NO. The summed E-state index contributed by atoms with van der Waals surface area (Å²) in [5, 5.41) is 0. The molecule has 2 N–H and O–H groups in total. The number of alkyl halides is 6. The molecule has 1 aromatic rings. The fourth-order valence-electron chi connectivity index (χ4n) is 1.66. The van der Waals surface area contributed by atoms with Crippen molar-refractivity contribution < 1.29 is 31.1 Å². The molecule has 0 aliphatic heterocycles. The van der Waals surface area contributed by atoms with E-state index in [0.29, 0.717) is 6.07 Å². The predicted molar refractivity (Wildman–Crippen MR) is 67.4 cm³/mol. The third-order valence-corrected chi connectivity index (χ3v) is 2.58. The Labute approximate surface area is 123 Å². The van der Waals surface area contributed by atoms with Crippen LogP contribution >= 0.6 is 12.4 Å². The first-order valence-corrected chi connectivity index (χ1v) is 5.26. The maximum Gasteiger partial charge on any atom is 0.416 e. The summed E-state index contributed by atoms with van der Waals surface area (Å²) in [7, 11) is 0.967. The van der Waals surface area contributed by atoms with Gasteiger partial charge < -0.3 is 10.5 Å². The molecule has 0 aromatic heterocycles. The molecule has 0 aliphatic carbocycles. The van der Waals surface area contributed by atoms with Gasteiger partial charge in [0, 0.05) is 5.56 Å². The fraction of sp³-hybridized carbons (Fsp3) is 0.333. The average molecular weight is 336 g/mol. The van der Waals surface area contributed by atoms with Gasteiger partial charge in [-0.1, -0.05) is 6.08 Å². The largest absolute Gasteiger partial charge is 0.496 e. The Bertz CT molecular complexity index is 512. The van der Waals surface area contributed by atoms with Crippen LogP contribution in [0.4, 0.5) is 26.3 Å². The predicted octanol–water partition coefficient (Wildman–Crippen LogP) is 4.34. The van der Waals surface area contributed by atoms with Crippen LogP contribution in [0.1, 0.15) is 22.7 Å². The molecular weight excluding hydrogens is 324 g/mol. The zero-order chi connectivity index (χ0) is 15.7. The summed E-state index contributed by atoms with van der Waals surface area (Å²) < 4.78 is 81.2. The van der Waals surface area contributed by atoms with Gasteiger partial charge in [0.2, 0.25) is 0 Å². The first kappa shape index (κ1) is 19.6. The monoisotopic (exact) mass is 335 g/mol. The summed E-state index contributed by atoms with van der Waals surface area (Å²) in [5.41, 5.74) is 1.92. The second-order valence-corrected chi connectivity index (χ2v) is 3.90. The number of ether oxygens (including phenoxy) is 1. The zero-order valence-corrected chi connectivity index (χ0v) is 11.5. The zero-order valence-electron chi connectivity index (χ0n) is 10.7. The van der Waals surface area contributed by atoms with Gasteiger partial charge >= 0.3 is 12.4 Å². The lowest BCUT2D eigenvalue weighted by molar-refractivity contribution is -0.143. The summed E-state index contributed by atoms with van der Waals surface area (Å²) >= 11 is 0. The third kappa shape index (κ3) is 4.28. The van der Waals surface area contributed by atoms with Crippen LogP contribution in [0.2, 0.25) is 0 Å². The molecule has 1 aromatic carbocycles. The van der Waals surface area contributed by atoms with E-state index in [1.807, 2.05) is 0 Å². The smallest absolute Gasteiger partial charge is 0.416 e. The van der Waals surface area contributed by atoms with E-state index >= 15 is 0 Å². The van der Waals surface area contributed by atoms with E-state index in [0.717, 1.165) is 13.2 Å². The van der Waals surface area contributed by atoms with Crippen LogP contribution in [0, 0.1) is 0 Å². The number of methoxy groups -OCH3 is 1. The van der Waals surface area contributed by atoms with Crippen LogP contribution in [0.25, 0.3) is 0 Å². The minimum absolute atomic E-state index is 0. The van der Waals surface area contributed by atoms with Crippen LogP contribution in [0.5, 0.6) is 5.75 Å². The van der Waals surface area contributed by atoms with Crippen molar-refractivity contribution in [3.63, 3.8) is 0 Å². The first-order valence-electron chi connectivity index (χ1n) is 5.26. The molecule has 0 fully saturated rings. The topological polar surface area (TPSA) is 35.2 Å². The molecule has 0 heterocycles. The molecule has 0 saturated carbocycles. The van der Waals surface area contributed by atoms with Gasteiger partial charge in [-0.25, -0.2) is 0 Å². The van der Waals surface area contributed by atoms with E-state index in [4.69, 9.17) is 5.73 Å². The highest BCUT2D eigenvalue weighted by Gasteiger charge is 2.40. The standard InChI is InChI=1S/C12H11F6NO.ClH/c1-3-8(19)10-7(12(16,17)18)4-6(11(13,14)15)5-9(10)20-2;/h3-5,8H,1,19H2,2H3;1H/t8-;/m1./s1. The summed E-state index contributed by atoms with van der Waals surface area (Å²) in [6.45, 7) is 3.24. The molecule has 1 atom stereocenters. The van der Waals surface area contributed by atoms with Gasteiger partial charge in [0.1, 0.15) is 5.75 Å². The Kier molecular flexibility index (Phi) is 6.13. The number of hydrogen-bond acceptors (Lipinski definition) is 2. The Hall–Kier alpha value is -1.41. The van der Waals surface area contributed by atoms with Crippen LogP contribution in [0.3, 0.4) is 0 Å². The highest BCUT2D eigenvalue weighted by molar-refractivity contribution is 5.85. The molecule has 1 rings (SSSR count). The van der Waals surface area contributed by atoms with Gasteiger partial charge in [0.15, 0.2) is 0 Å². The van der Waals surface area contributed by atoms with E-state index in [1.165, 1.54) is 0 Å². The molecule has 9 heteroatoms.